The van der Waals surface area contributed by atoms with Crippen LogP contribution in [-0.2, 0) is 16.0 Å². The second-order valence-corrected chi connectivity index (χ2v) is 6.00. The van der Waals surface area contributed by atoms with Crippen molar-refractivity contribution in [3.63, 3.8) is 0 Å². The Labute approximate surface area is 145 Å². The lowest BCUT2D eigenvalue weighted by Crippen LogP contribution is -2.37. The molecule has 0 atom stereocenters. The Morgan fingerprint density at radius 1 is 1.17 bits per heavy atom. The molecule has 0 radical (unpaired) electrons. The second kappa shape index (κ2) is 11.4. The Bertz CT molecular complexity index is 433. The fourth-order valence-electron chi connectivity index (χ4n) is 2.90. The molecule has 23 heavy (non-hydrogen) atoms. The molecular formula is C18H28ClNO3. The van der Waals surface area contributed by atoms with Gasteiger partial charge < -0.3 is 14.7 Å². The fourth-order valence-corrected chi connectivity index (χ4v) is 2.90. The molecule has 1 aromatic rings. The molecule has 0 bridgehead atoms. The third-order valence-electron chi connectivity index (χ3n) is 4.24. The minimum Gasteiger partial charge on any atom is -0.481 e. The summed E-state index contributed by atoms with van der Waals surface area (Å²) >= 11 is 0. The summed E-state index contributed by atoms with van der Waals surface area (Å²) < 4.78 is 5.99. The highest BCUT2D eigenvalue weighted by molar-refractivity contribution is 5.85. The normalized spacial score (nSPS) is 16.0. The van der Waals surface area contributed by atoms with Gasteiger partial charge in [0.05, 0.1) is 12.7 Å². The van der Waals surface area contributed by atoms with Crippen LogP contribution in [0.15, 0.2) is 30.3 Å². The van der Waals surface area contributed by atoms with Crippen molar-refractivity contribution in [1.82, 2.24) is 4.90 Å². The standard InChI is InChI=1S/C18H27NO3.ClH/c20-18(21)8-4-5-12-19-13-9-17(10-14-19)22-15-11-16-6-2-1-3-7-16;/h1-3,6-7,17H,4-5,8-15H2,(H,20,21);1H. The molecule has 0 spiro atoms. The van der Waals surface area contributed by atoms with E-state index in [0.717, 1.165) is 58.3 Å². The summed E-state index contributed by atoms with van der Waals surface area (Å²) in [5.41, 5.74) is 1.33. The molecule has 0 unspecified atom stereocenters. The predicted octanol–water partition coefficient (Wildman–Crippen LogP) is 3.39. The van der Waals surface area contributed by atoms with Crippen molar-refractivity contribution < 1.29 is 14.6 Å². The number of nitrogens with zero attached hydrogens (tertiary/aromatic N) is 1. The number of ether oxygens (including phenoxy) is 1. The molecule has 1 heterocycles. The maximum absolute atomic E-state index is 10.5. The van der Waals surface area contributed by atoms with Gasteiger partial charge in [0.1, 0.15) is 0 Å². The number of halogens is 1. The van der Waals surface area contributed by atoms with Gasteiger partial charge in [-0.3, -0.25) is 4.79 Å². The van der Waals surface area contributed by atoms with E-state index in [2.05, 4.69) is 29.2 Å². The zero-order valence-corrected chi connectivity index (χ0v) is 14.5. The van der Waals surface area contributed by atoms with Gasteiger partial charge in [0, 0.05) is 19.5 Å². The lowest BCUT2D eigenvalue weighted by molar-refractivity contribution is -0.137. The first-order valence-corrected chi connectivity index (χ1v) is 8.34. The van der Waals surface area contributed by atoms with E-state index in [0.29, 0.717) is 12.5 Å². The average Bonchev–Trinajstić information content (AvgIpc) is 2.54. The molecule has 1 saturated heterocycles. The summed E-state index contributed by atoms with van der Waals surface area (Å²) in [7, 11) is 0. The van der Waals surface area contributed by atoms with E-state index in [1.807, 2.05) is 6.07 Å². The molecule has 0 aromatic heterocycles. The number of carbonyl (C=O) groups is 1. The van der Waals surface area contributed by atoms with E-state index in [1.165, 1.54) is 5.56 Å². The van der Waals surface area contributed by atoms with Crippen LogP contribution in [0.3, 0.4) is 0 Å². The Kier molecular flexibility index (Phi) is 9.92. The van der Waals surface area contributed by atoms with Crippen molar-refractivity contribution in [3.8, 4) is 0 Å². The molecule has 1 aliphatic heterocycles. The number of rotatable bonds is 9. The summed E-state index contributed by atoms with van der Waals surface area (Å²) in [6.45, 7) is 3.96. The summed E-state index contributed by atoms with van der Waals surface area (Å²) in [6, 6.07) is 10.5. The summed E-state index contributed by atoms with van der Waals surface area (Å²) in [6.07, 6.45) is 5.60. The average molecular weight is 342 g/mol. The summed E-state index contributed by atoms with van der Waals surface area (Å²) in [5, 5.41) is 8.62. The molecule has 5 heteroatoms. The Balaban J connectivity index is 0.00000264. The molecule has 130 valence electrons. The zero-order chi connectivity index (χ0) is 15.6. The Hall–Kier alpha value is -1.10. The number of carboxylic acids is 1. The molecule has 1 N–H and O–H groups in total. The highest BCUT2D eigenvalue weighted by Crippen LogP contribution is 2.15. The first-order valence-electron chi connectivity index (χ1n) is 8.34. The van der Waals surface area contributed by atoms with Crippen LogP contribution in [0.2, 0.25) is 0 Å². The zero-order valence-electron chi connectivity index (χ0n) is 13.7. The van der Waals surface area contributed by atoms with Crippen molar-refractivity contribution in [2.45, 2.75) is 44.6 Å². The largest absolute Gasteiger partial charge is 0.481 e. The molecule has 0 saturated carbocycles. The van der Waals surface area contributed by atoms with Crippen LogP contribution in [-0.4, -0.2) is 48.3 Å². The topological polar surface area (TPSA) is 49.8 Å². The molecule has 4 nitrogen and oxygen atoms in total. The van der Waals surface area contributed by atoms with Crippen LogP contribution in [0, 0.1) is 0 Å². The van der Waals surface area contributed by atoms with E-state index in [-0.39, 0.29) is 12.4 Å². The SMILES string of the molecule is Cl.O=C(O)CCCCN1CCC(OCCc2ccccc2)CC1. The number of hydrogen-bond donors (Lipinski definition) is 1. The number of carboxylic acid groups (broad SMARTS) is 1. The van der Waals surface area contributed by atoms with Crippen molar-refractivity contribution in [2.24, 2.45) is 0 Å². The van der Waals surface area contributed by atoms with Gasteiger partial charge in [0.2, 0.25) is 0 Å². The van der Waals surface area contributed by atoms with E-state index in [4.69, 9.17) is 9.84 Å². The van der Waals surface area contributed by atoms with E-state index in [1.54, 1.807) is 0 Å². The van der Waals surface area contributed by atoms with Crippen molar-refractivity contribution >= 4 is 18.4 Å². The predicted molar refractivity (Wildman–Crippen MR) is 94.3 cm³/mol. The molecule has 0 aliphatic carbocycles. The minimum atomic E-state index is -0.689. The van der Waals surface area contributed by atoms with Gasteiger partial charge in [-0.15, -0.1) is 12.4 Å². The van der Waals surface area contributed by atoms with E-state index in [9.17, 15) is 4.79 Å². The fraction of sp³-hybridized carbons (Fsp3) is 0.611. The molecule has 1 fully saturated rings. The van der Waals surface area contributed by atoms with E-state index < -0.39 is 5.97 Å². The number of unbranched alkanes of at least 4 members (excludes halogenated alkanes) is 1. The Morgan fingerprint density at radius 2 is 1.87 bits per heavy atom. The quantitative estimate of drug-likeness (QED) is 0.699. The lowest BCUT2D eigenvalue weighted by Gasteiger charge is -2.31. The highest BCUT2D eigenvalue weighted by Gasteiger charge is 2.19. The van der Waals surface area contributed by atoms with Gasteiger partial charge in [-0.1, -0.05) is 30.3 Å². The monoisotopic (exact) mass is 341 g/mol. The first kappa shape index (κ1) is 19.9. The van der Waals surface area contributed by atoms with Gasteiger partial charge in [-0.25, -0.2) is 0 Å². The highest BCUT2D eigenvalue weighted by atomic mass is 35.5. The van der Waals surface area contributed by atoms with Crippen molar-refractivity contribution in [3.05, 3.63) is 35.9 Å². The summed E-state index contributed by atoms with van der Waals surface area (Å²) in [4.78, 5) is 12.9. The van der Waals surface area contributed by atoms with Crippen LogP contribution in [0.25, 0.3) is 0 Å². The number of aliphatic carboxylic acids is 1. The number of piperidine rings is 1. The van der Waals surface area contributed by atoms with Gasteiger partial charge in [-0.2, -0.15) is 0 Å². The molecular weight excluding hydrogens is 314 g/mol. The van der Waals surface area contributed by atoms with E-state index >= 15 is 0 Å². The van der Waals surface area contributed by atoms with Gasteiger partial charge in [0.25, 0.3) is 0 Å². The van der Waals surface area contributed by atoms with Crippen LogP contribution >= 0.6 is 12.4 Å². The van der Waals surface area contributed by atoms with Crippen LogP contribution in [0.5, 0.6) is 0 Å². The summed E-state index contributed by atoms with van der Waals surface area (Å²) in [5.74, 6) is -0.689. The van der Waals surface area contributed by atoms with Crippen LogP contribution in [0.1, 0.15) is 37.7 Å². The third kappa shape index (κ3) is 8.35. The first-order chi connectivity index (χ1) is 10.7. The maximum atomic E-state index is 10.5. The van der Waals surface area contributed by atoms with Crippen LogP contribution < -0.4 is 0 Å². The van der Waals surface area contributed by atoms with Crippen molar-refractivity contribution in [1.29, 1.82) is 0 Å². The minimum absolute atomic E-state index is 0. The van der Waals surface area contributed by atoms with Crippen molar-refractivity contribution in [2.75, 3.05) is 26.2 Å². The smallest absolute Gasteiger partial charge is 0.303 e. The maximum Gasteiger partial charge on any atom is 0.303 e. The Morgan fingerprint density at radius 3 is 2.52 bits per heavy atom. The molecule has 1 aliphatic rings. The van der Waals surface area contributed by atoms with Crippen LogP contribution in [0.4, 0.5) is 0 Å². The number of likely N-dealkylation sites (tertiary alicyclic amines) is 1. The van der Waals surface area contributed by atoms with Gasteiger partial charge >= 0.3 is 5.97 Å². The number of benzene rings is 1. The molecule has 1 aromatic carbocycles. The molecule has 2 rings (SSSR count). The lowest BCUT2D eigenvalue weighted by atomic mass is 10.1. The second-order valence-electron chi connectivity index (χ2n) is 6.00. The van der Waals surface area contributed by atoms with Gasteiger partial charge in [-0.05, 0) is 44.2 Å². The van der Waals surface area contributed by atoms with Gasteiger partial charge in [0.15, 0.2) is 0 Å². The number of hydrogen-bond acceptors (Lipinski definition) is 3. The third-order valence-corrected chi connectivity index (χ3v) is 4.24. The molecule has 0 amide bonds.